The first-order chi connectivity index (χ1) is 10.4. The number of ether oxygens (including phenoxy) is 2. The molecular formula is C15H17N3O3S. The van der Waals surface area contributed by atoms with E-state index in [1.54, 1.807) is 5.38 Å². The molecule has 2 heterocycles. The standard InChI is InChI=1S/C15H17N3O3S/c1-15(2,16)7-17-13(19)10-6-22-14(18-10)9-3-4-11-12(5-9)21-8-20-11/h3-6H,7-8,16H2,1-2H3,(H,17,19). The van der Waals surface area contributed by atoms with Gasteiger partial charge in [-0.25, -0.2) is 4.98 Å². The zero-order valence-corrected chi connectivity index (χ0v) is 13.2. The number of carbonyl (C=O) groups is 1. The van der Waals surface area contributed by atoms with Crippen molar-refractivity contribution >= 4 is 17.2 Å². The molecule has 1 aliphatic rings. The van der Waals surface area contributed by atoms with Crippen LogP contribution in [-0.2, 0) is 0 Å². The summed E-state index contributed by atoms with van der Waals surface area (Å²) in [4.78, 5) is 16.4. The third kappa shape index (κ3) is 3.20. The van der Waals surface area contributed by atoms with Crippen LogP contribution in [0.15, 0.2) is 23.6 Å². The molecule has 0 bridgehead atoms. The Morgan fingerprint density at radius 3 is 2.95 bits per heavy atom. The Hall–Kier alpha value is -2.12. The van der Waals surface area contributed by atoms with Crippen LogP contribution in [0, 0.1) is 0 Å². The van der Waals surface area contributed by atoms with E-state index in [0.717, 1.165) is 16.3 Å². The van der Waals surface area contributed by atoms with Crippen molar-refractivity contribution in [2.45, 2.75) is 19.4 Å². The number of nitrogens with zero attached hydrogens (tertiary/aromatic N) is 1. The lowest BCUT2D eigenvalue weighted by molar-refractivity contribution is 0.0942. The summed E-state index contributed by atoms with van der Waals surface area (Å²) in [6, 6.07) is 5.61. The van der Waals surface area contributed by atoms with E-state index in [1.807, 2.05) is 32.0 Å². The molecule has 3 rings (SSSR count). The largest absolute Gasteiger partial charge is 0.454 e. The number of amides is 1. The Kier molecular flexibility index (Phi) is 3.76. The summed E-state index contributed by atoms with van der Waals surface area (Å²) in [5, 5.41) is 5.28. The van der Waals surface area contributed by atoms with Crippen LogP contribution in [-0.4, -0.2) is 29.8 Å². The van der Waals surface area contributed by atoms with Crippen molar-refractivity contribution in [3.8, 4) is 22.1 Å². The van der Waals surface area contributed by atoms with Gasteiger partial charge >= 0.3 is 0 Å². The maximum atomic E-state index is 12.1. The van der Waals surface area contributed by atoms with Crippen LogP contribution < -0.4 is 20.5 Å². The molecule has 1 aromatic carbocycles. The van der Waals surface area contributed by atoms with E-state index in [-0.39, 0.29) is 12.7 Å². The number of hydrogen-bond donors (Lipinski definition) is 2. The van der Waals surface area contributed by atoms with Gasteiger partial charge in [0.05, 0.1) is 0 Å². The molecule has 22 heavy (non-hydrogen) atoms. The Morgan fingerprint density at radius 2 is 2.18 bits per heavy atom. The highest BCUT2D eigenvalue weighted by molar-refractivity contribution is 7.13. The van der Waals surface area contributed by atoms with Crippen LogP contribution >= 0.6 is 11.3 Å². The molecule has 116 valence electrons. The van der Waals surface area contributed by atoms with Crippen molar-refractivity contribution in [1.29, 1.82) is 0 Å². The highest BCUT2D eigenvalue weighted by Crippen LogP contribution is 2.36. The van der Waals surface area contributed by atoms with Crippen molar-refractivity contribution in [1.82, 2.24) is 10.3 Å². The topological polar surface area (TPSA) is 86.5 Å². The van der Waals surface area contributed by atoms with Crippen molar-refractivity contribution in [2.24, 2.45) is 5.73 Å². The number of carbonyl (C=O) groups excluding carboxylic acids is 1. The summed E-state index contributed by atoms with van der Waals surface area (Å²) in [6.07, 6.45) is 0. The summed E-state index contributed by atoms with van der Waals surface area (Å²) in [5.74, 6) is 1.20. The molecule has 6 nitrogen and oxygen atoms in total. The quantitative estimate of drug-likeness (QED) is 0.900. The van der Waals surface area contributed by atoms with Gasteiger partial charge in [-0.3, -0.25) is 4.79 Å². The van der Waals surface area contributed by atoms with Crippen LogP contribution in [0.1, 0.15) is 24.3 Å². The maximum Gasteiger partial charge on any atom is 0.270 e. The van der Waals surface area contributed by atoms with E-state index < -0.39 is 5.54 Å². The molecule has 0 saturated carbocycles. The lowest BCUT2D eigenvalue weighted by Crippen LogP contribution is -2.45. The van der Waals surface area contributed by atoms with Crippen molar-refractivity contribution in [3.63, 3.8) is 0 Å². The molecule has 1 aromatic heterocycles. The van der Waals surface area contributed by atoms with Gasteiger partial charge in [0.25, 0.3) is 5.91 Å². The van der Waals surface area contributed by atoms with E-state index in [1.165, 1.54) is 11.3 Å². The second-order valence-corrected chi connectivity index (χ2v) is 6.64. The Balaban J connectivity index is 1.75. The van der Waals surface area contributed by atoms with Gasteiger partial charge in [-0.15, -0.1) is 11.3 Å². The Morgan fingerprint density at radius 1 is 1.41 bits per heavy atom. The van der Waals surface area contributed by atoms with E-state index in [9.17, 15) is 4.79 Å². The van der Waals surface area contributed by atoms with E-state index in [2.05, 4.69) is 10.3 Å². The second kappa shape index (κ2) is 5.58. The molecule has 1 aliphatic heterocycles. The SMILES string of the molecule is CC(C)(N)CNC(=O)c1csc(-c2ccc3c(c2)OCO3)n1. The highest BCUT2D eigenvalue weighted by atomic mass is 32.1. The van der Waals surface area contributed by atoms with Crippen LogP contribution in [0.2, 0.25) is 0 Å². The molecule has 0 spiro atoms. The summed E-state index contributed by atoms with van der Waals surface area (Å²) >= 11 is 1.41. The average molecular weight is 319 g/mol. The van der Waals surface area contributed by atoms with Gasteiger partial charge in [0.2, 0.25) is 6.79 Å². The zero-order valence-electron chi connectivity index (χ0n) is 12.4. The molecule has 0 saturated heterocycles. The number of nitrogens with one attached hydrogen (secondary N) is 1. The van der Waals surface area contributed by atoms with E-state index >= 15 is 0 Å². The summed E-state index contributed by atoms with van der Waals surface area (Å²) < 4.78 is 10.6. The normalized spacial score (nSPS) is 13.2. The minimum atomic E-state index is -0.453. The first kappa shape index (κ1) is 14.8. The van der Waals surface area contributed by atoms with Gasteiger partial charge in [0, 0.05) is 23.0 Å². The molecule has 2 aromatic rings. The summed E-state index contributed by atoms with van der Waals surface area (Å²) in [7, 11) is 0. The fraction of sp³-hybridized carbons (Fsp3) is 0.333. The smallest absolute Gasteiger partial charge is 0.270 e. The van der Waals surface area contributed by atoms with Crippen LogP contribution in [0.3, 0.4) is 0 Å². The van der Waals surface area contributed by atoms with Crippen molar-refractivity contribution in [3.05, 3.63) is 29.3 Å². The first-order valence-electron chi connectivity index (χ1n) is 6.85. The molecule has 0 unspecified atom stereocenters. The van der Waals surface area contributed by atoms with Gasteiger partial charge in [0.1, 0.15) is 10.7 Å². The molecule has 0 fully saturated rings. The minimum Gasteiger partial charge on any atom is -0.454 e. The van der Waals surface area contributed by atoms with Crippen LogP contribution in [0.25, 0.3) is 10.6 Å². The van der Waals surface area contributed by atoms with E-state index in [0.29, 0.717) is 18.0 Å². The molecule has 0 aliphatic carbocycles. The van der Waals surface area contributed by atoms with Crippen LogP contribution in [0.5, 0.6) is 11.5 Å². The first-order valence-corrected chi connectivity index (χ1v) is 7.73. The molecule has 3 N–H and O–H groups in total. The fourth-order valence-corrected chi connectivity index (χ4v) is 2.74. The fourth-order valence-electron chi connectivity index (χ4n) is 1.94. The Bertz CT molecular complexity index is 706. The molecule has 7 heteroatoms. The molecular weight excluding hydrogens is 302 g/mol. The van der Waals surface area contributed by atoms with E-state index in [4.69, 9.17) is 15.2 Å². The Labute approximate surface area is 132 Å². The molecule has 0 radical (unpaired) electrons. The third-order valence-electron chi connectivity index (χ3n) is 3.06. The lowest BCUT2D eigenvalue weighted by atomic mass is 10.1. The average Bonchev–Trinajstić information content (AvgIpc) is 3.11. The number of fused-ring (bicyclic) bond motifs is 1. The van der Waals surface area contributed by atoms with Crippen molar-refractivity contribution in [2.75, 3.05) is 13.3 Å². The number of thiazole rings is 1. The predicted octanol–water partition coefficient (Wildman–Crippen LogP) is 2.01. The highest BCUT2D eigenvalue weighted by Gasteiger charge is 2.18. The number of nitrogens with two attached hydrogens (primary N) is 1. The second-order valence-electron chi connectivity index (χ2n) is 5.78. The lowest BCUT2D eigenvalue weighted by Gasteiger charge is -2.18. The van der Waals surface area contributed by atoms with Gasteiger partial charge in [0.15, 0.2) is 11.5 Å². The number of benzene rings is 1. The molecule has 1 amide bonds. The predicted molar refractivity (Wildman–Crippen MR) is 84.3 cm³/mol. The maximum absolute atomic E-state index is 12.1. The van der Waals surface area contributed by atoms with Gasteiger partial charge in [-0.2, -0.15) is 0 Å². The van der Waals surface area contributed by atoms with Crippen molar-refractivity contribution < 1.29 is 14.3 Å². The number of aromatic nitrogens is 1. The van der Waals surface area contributed by atoms with Gasteiger partial charge in [-0.05, 0) is 32.0 Å². The zero-order chi connectivity index (χ0) is 15.7. The number of hydrogen-bond acceptors (Lipinski definition) is 6. The minimum absolute atomic E-state index is 0.221. The summed E-state index contributed by atoms with van der Waals surface area (Å²) in [5.41, 5.74) is 6.69. The van der Waals surface area contributed by atoms with Gasteiger partial charge in [-0.1, -0.05) is 0 Å². The van der Waals surface area contributed by atoms with Crippen LogP contribution in [0.4, 0.5) is 0 Å². The monoisotopic (exact) mass is 319 g/mol. The number of rotatable bonds is 4. The van der Waals surface area contributed by atoms with Gasteiger partial charge < -0.3 is 20.5 Å². The summed E-state index contributed by atoms with van der Waals surface area (Å²) in [6.45, 7) is 4.33. The third-order valence-corrected chi connectivity index (χ3v) is 3.95. The molecule has 0 atom stereocenters.